The van der Waals surface area contributed by atoms with Gasteiger partial charge in [0.1, 0.15) is 5.84 Å². The van der Waals surface area contributed by atoms with Gasteiger partial charge in [0.25, 0.3) is 5.91 Å². The molecule has 2 amide bonds. The van der Waals surface area contributed by atoms with Gasteiger partial charge < -0.3 is 21.4 Å². The van der Waals surface area contributed by atoms with E-state index in [1.807, 2.05) is 24.4 Å². The molecule has 0 fully saturated rings. The summed E-state index contributed by atoms with van der Waals surface area (Å²) in [7, 11) is 0. The highest BCUT2D eigenvalue weighted by Gasteiger charge is 2.30. The molecule has 29 heavy (non-hydrogen) atoms. The third-order valence-corrected chi connectivity index (χ3v) is 5.51. The van der Waals surface area contributed by atoms with Gasteiger partial charge in [-0.2, -0.15) is 5.10 Å². The highest BCUT2D eigenvalue weighted by atomic mass is 19.1. The number of fused-ring (bicyclic) bond motifs is 1. The smallest absolute Gasteiger partial charge is 0.255 e. The van der Waals surface area contributed by atoms with Gasteiger partial charge in [-0.3, -0.25) is 9.59 Å². The number of nitrogens with zero attached hydrogens (tertiary/aromatic N) is 2. The van der Waals surface area contributed by atoms with Crippen molar-refractivity contribution >= 4 is 17.6 Å². The Morgan fingerprint density at radius 1 is 1.34 bits per heavy atom. The van der Waals surface area contributed by atoms with Crippen LogP contribution in [0.5, 0.6) is 0 Å². The van der Waals surface area contributed by atoms with E-state index in [-0.39, 0.29) is 23.8 Å². The normalized spacial score (nSPS) is 28.1. The quantitative estimate of drug-likeness (QED) is 0.653. The van der Waals surface area contributed by atoms with Crippen molar-refractivity contribution in [1.82, 2.24) is 15.6 Å². The van der Waals surface area contributed by atoms with E-state index in [9.17, 15) is 14.0 Å². The van der Waals surface area contributed by atoms with Crippen molar-refractivity contribution in [2.24, 2.45) is 22.7 Å². The molecule has 0 aromatic heterocycles. The summed E-state index contributed by atoms with van der Waals surface area (Å²) in [6.45, 7) is -0.540. The summed E-state index contributed by atoms with van der Waals surface area (Å²) in [6.07, 6.45) is 15.6. The topological polar surface area (TPSA) is 99.8 Å². The molecule has 4 rings (SSSR count). The first-order valence-electron chi connectivity index (χ1n) is 9.77. The monoisotopic (exact) mass is 397 g/mol. The standard InChI is InChI=1S/C21H24FN5O2/c22-10-19(28)24-16-3-1-2-13(8-16)11-27-12-15(5-7-20(27)29)14-4-6-17-18(9-14)25-26-21(17)23/h1,3-4,6,8-9,12-13,17-18,25H,2,5,7,10-11H2,(H2,23,26)(H,24,28). The van der Waals surface area contributed by atoms with E-state index >= 15 is 0 Å². The van der Waals surface area contributed by atoms with Gasteiger partial charge >= 0.3 is 0 Å². The van der Waals surface area contributed by atoms with Crippen molar-refractivity contribution in [3.63, 3.8) is 0 Å². The Morgan fingerprint density at radius 2 is 2.21 bits per heavy atom. The number of halogens is 1. The number of hydrogen-bond acceptors (Lipinski definition) is 5. The number of rotatable bonds is 5. The fraction of sp³-hybridized carbons (Fsp3) is 0.381. The number of amidine groups is 1. The fourth-order valence-electron chi connectivity index (χ4n) is 4.01. The first-order valence-corrected chi connectivity index (χ1v) is 9.77. The van der Waals surface area contributed by atoms with Crippen molar-refractivity contribution < 1.29 is 14.0 Å². The van der Waals surface area contributed by atoms with Crippen LogP contribution < -0.4 is 16.5 Å². The number of amides is 2. The summed E-state index contributed by atoms with van der Waals surface area (Å²) in [6, 6.07) is 0.0510. The first kappa shape index (κ1) is 19.2. The van der Waals surface area contributed by atoms with Crippen LogP contribution in [0.1, 0.15) is 19.3 Å². The van der Waals surface area contributed by atoms with Crippen LogP contribution in [-0.2, 0) is 9.59 Å². The van der Waals surface area contributed by atoms with Crippen LogP contribution in [0.3, 0.4) is 0 Å². The molecular formula is C21H24FN5O2. The van der Waals surface area contributed by atoms with E-state index in [4.69, 9.17) is 5.73 Å². The summed E-state index contributed by atoms with van der Waals surface area (Å²) in [5.41, 5.74) is 11.7. The minimum Gasteiger partial charge on any atom is -0.385 e. The summed E-state index contributed by atoms with van der Waals surface area (Å²) >= 11 is 0. The molecule has 4 N–H and O–H groups in total. The van der Waals surface area contributed by atoms with E-state index < -0.39 is 12.6 Å². The molecule has 7 nitrogen and oxygen atoms in total. The minimum atomic E-state index is -1.05. The molecule has 8 heteroatoms. The molecule has 4 aliphatic rings. The molecule has 0 bridgehead atoms. The second-order valence-corrected chi connectivity index (χ2v) is 7.60. The van der Waals surface area contributed by atoms with Crippen LogP contribution >= 0.6 is 0 Å². The zero-order valence-electron chi connectivity index (χ0n) is 16.0. The maximum Gasteiger partial charge on any atom is 0.255 e. The lowest BCUT2D eigenvalue weighted by atomic mass is 9.87. The Morgan fingerprint density at radius 3 is 3.03 bits per heavy atom. The predicted octanol–water partition coefficient (Wildman–Crippen LogP) is 1.39. The molecule has 0 saturated carbocycles. The number of nitrogens with two attached hydrogens (primary N) is 1. The largest absolute Gasteiger partial charge is 0.385 e. The maximum absolute atomic E-state index is 12.5. The molecule has 3 atom stereocenters. The van der Waals surface area contributed by atoms with E-state index in [0.717, 1.165) is 17.6 Å². The van der Waals surface area contributed by atoms with Crippen LogP contribution in [0.4, 0.5) is 4.39 Å². The van der Waals surface area contributed by atoms with Gasteiger partial charge in [0.05, 0.1) is 12.0 Å². The number of allylic oxidation sites excluding steroid dienone is 5. The molecule has 152 valence electrons. The number of nitrogens with one attached hydrogen (secondary N) is 2. The van der Waals surface area contributed by atoms with E-state index in [1.165, 1.54) is 0 Å². The summed E-state index contributed by atoms with van der Waals surface area (Å²) in [5, 5.41) is 6.62. The van der Waals surface area contributed by atoms with Crippen molar-refractivity contribution in [3.8, 4) is 0 Å². The molecule has 2 heterocycles. The first-order chi connectivity index (χ1) is 14.0. The third kappa shape index (κ3) is 4.16. The van der Waals surface area contributed by atoms with Gasteiger partial charge in [-0.25, -0.2) is 4.39 Å². The third-order valence-electron chi connectivity index (χ3n) is 5.51. The number of carbonyl (C=O) groups excluding carboxylic acids is 2. The summed E-state index contributed by atoms with van der Waals surface area (Å²) in [5.74, 6) is 0.133. The van der Waals surface area contributed by atoms with Gasteiger partial charge in [-0.1, -0.05) is 30.4 Å². The van der Waals surface area contributed by atoms with Crippen LogP contribution in [0.25, 0.3) is 0 Å². The average molecular weight is 397 g/mol. The predicted molar refractivity (Wildman–Crippen MR) is 108 cm³/mol. The van der Waals surface area contributed by atoms with Crippen LogP contribution in [-0.4, -0.2) is 41.8 Å². The molecule has 2 aliphatic heterocycles. The zero-order valence-corrected chi connectivity index (χ0v) is 16.0. The zero-order chi connectivity index (χ0) is 20.4. The van der Waals surface area contributed by atoms with E-state index in [2.05, 4.69) is 28.0 Å². The van der Waals surface area contributed by atoms with Gasteiger partial charge in [-0.15, -0.1) is 0 Å². The lowest BCUT2D eigenvalue weighted by Gasteiger charge is -2.30. The second-order valence-electron chi connectivity index (χ2n) is 7.60. The van der Waals surface area contributed by atoms with Crippen molar-refractivity contribution in [3.05, 3.63) is 59.5 Å². The average Bonchev–Trinajstić information content (AvgIpc) is 3.10. The molecular weight excluding hydrogens is 373 g/mol. The summed E-state index contributed by atoms with van der Waals surface area (Å²) in [4.78, 5) is 25.5. The van der Waals surface area contributed by atoms with Gasteiger partial charge in [-0.05, 0) is 30.1 Å². The lowest BCUT2D eigenvalue weighted by Crippen LogP contribution is -2.35. The fourth-order valence-corrected chi connectivity index (χ4v) is 4.01. The lowest BCUT2D eigenvalue weighted by molar-refractivity contribution is -0.129. The van der Waals surface area contributed by atoms with Crippen LogP contribution in [0.15, 0.2) is 64.6 Å². The van der Waals surface area contributed by atoms with Gasteiger partial charge in [0, 0.05) is 30.8 Å². The SMILES string of the molecule is NC1=NNC2C=C(C3=CN(CC4C=C(NC(=O)CF)C=CC4)C(=O)CC3)C=CC12. The Kier molecular flexibility index (Phi) is 5.33. The Balaban J connectivity index is 1.46. The van der Waals surface area contributed by atoms with Crippen LogP contribution in [0, 0.1) is 11.8 Å². The number of hydrogen-bond donors (Lipinski definition) is 3. The summed E-state index contributed by atoms with van der Waals surface area (Å²) < 4.78 is 12.4. The highest BCUT2D eigenvalue weighted by molar-refractivity contribution is 5.87. The van der Waals surface area contributed by atoms with Gasteiger partial charge in [0.2, 0.25) is 5.91 Å². The molecule has 0 saturated heterocycles. The minimum absolute atomic E-state index is 0.0510. The molecule has 2 aliphatic carbocycles. The van der Waals surface area contributed by atoms with Crippen molar-refractivity contribution in [2.45, 2.75) is 25.3 Å². The Labute approximate surface area is 168 Å². The van der Waals surface area contributed by atoms with Crippen LogP contribution in [0.2, 0.25) is 0 Å². The highest BCUT2D eigenvalue weighted by Crippen LogP contribution is 2.30. The number of carbonyl (C=O) groups is 2. The van der Waals surface area contributed by atoms with E-state index in [1.54, 1.807) is 11.0 Å². The number of hydrazone groups is 1. The molecule has 0 radical (unpaired) electrons. The van der Waals surface area contributed by atoms with E-state index in [0.29, 0.717) is 30.9 Å². The van der Waals surface area contributed by atoms with Crippen molar-refractivity contribution in [2.75, 3.05) is 13.2 Å². The van der Waals surface area contributed by atoms with Gasteiger partial charge in [0.15, 0.2) is 6.67 Å². The Bertz CT molecular complexity index is 899. The Hall–Kier alpha value is -3.16. The van der Waals surface area contributed by atoms with Crippen molar-refractivity contribution in [1.29, 1.82) is 0 Å². The molecule has 3 unspecified atom stereocenters. The molecule has 0 aromatic carbocycles. The maximum atomic E-state index is 12.5. The second kappa shape index (κ2) is 8.06. The molecule has 0 aromatic rings. The molecule has 0 spiro atoms. The number of alkyl halides is 1.